The molecule has 136 valence electrons. The molecule has 1 aliphatic heterocycles. The van der Waals surface area contributed by atoms with Gasteiger partial charge in [0.15, 0.2) is 5.13 Å². The lowest BCUT2D eigenvalue weighted by Crippen LogP contribution is -2.56. The summed E-state index contributed by atoms with van der Waals surface area (Å²) in [5, 5.41) is 13.7. The van der Waals surface area contributed by atoms with Crippen molar-refractivity contribution in [1.82, 2.24) is 20.9 Å². The van der Waals surface area contributed by atoms with Crippen molar-refractivity contribution < 1.29 is 14.4 Å². The van der Waals surface area contributed by atoms with Gasteiger partial charge in [-0.15, -0.1) is 29.7 Å². The molecule has 2 atom stereocenters. The third-order valence-electron chi connectivity index (χ3n) is 3.23. The van der Waals surface area contributed by atoms with Crippen molar-refractivity contribution in [2.75, 3.05) is 17.6 Å². The van der Waals surface area contributed by atoms with Gasteiger partial charge in [-0.1, -0.05) is 6.08 Å². The molecule has 2 rings (SSSR count). The molecule has 1 aromatic rings. The van der Waals surface area contributed by atoms with Crippen molar-refractivity contribution in [3.8, 4) is 0 Å². The molecule has 0 saturated carbocycles. The summed E-state index contributed by atoms with van der Waals surface area (Å²) in [6, 6.07) is -0.263. The second-order valence-corrected chi connectivity index (χ2v) is 7.42. The van der Waals surface area contributed by atoms with Crippen LogP contribution < -0.4 is 21.3 Å². The van der Waals surface area contributed by atoms with Gasteiger partial charge in [0.1, 0.15) is 5.50 Å². The summed E-state index contributed by atoms with van der Waals surface area (Å²) in [4.78, 5) is 39.7. The van der Waals surface area contributed by atoms with Crippen LogP contribution in [-0.4, -0.2) is 46.5 Å². The summed E-state index contributed by atoms with van der Waals surface area (Å²) in [6.45, 7) is 5.79. The van der Waals surface area contributed by atoms with E-state index in [2.05, 4.69) is 32.8 Å². The zero-order valence-electron chi connectivity index (χ0n) is 13.8. The molecule has 0 spiro atoms. The minimum Gasteiger partial charge on any atom is -0.353 e. The molecule has 1 aromatic heterocycles. The summed E-state index contributed by atoms with van der Waals surface area (Å²) in [5.41, 5.74) is 0.439. The monoisotopic (exact) mass is 383 g/mol. The van der Waals surface area contributed by atoms with Gasteiger partial charge >= 0.3 is 0 Å². The van der Waals surface area contributed by atoms with Crippen molar-refractivity contribution in [3.05, 3.63) is 23.7 Å². The quantitative estimate of drug-likeness (QED) is 0.489. The second kappa shape index (κ2) is 9.54. The fourth-order valence-electron chi connectivity index (χ4n) is 2.17. The molecule has 2 unspecified atom stereocenters. The Hall–Kier alpha value is -1.91. The van der Waals surface area contributed by atoms with Crippen molar-refractivity contribution in [1.29, 1.82) is 0 Å². The normalized spacial score (nSPS) is 19.8. The van der Waals surface area contributed by atoms with Crippen LogP contribution in [0.3, 0.4) is 0 Å². The molecule has 8 nitrogen and oxygen atoms in total. The maximum absolute atomic E-state index is 11.9. The van der Waals surface area contributed by atoms with E-state index in [4.69, 9.17) is 0 Å². The Bertz CT molecular complexity index is 649. The third kappa shape index (κ3) is 6.85. The molecule has 1 fully saturated rings. The number of nitrogens with one attached hydrogen (secondary N) is 4. The highest BCUT2D eigenvalue weighted by Gasteiger charge is 2.27. The van der Waals surface area contributed by atoms with Crippen molar-refractivity contribution >= 4 is 46.0 Å². The zero-order valence-corrected chi connectivity index (χ0v) is 15.5. The van der Waals surface area contributed by atoms with E-state index in [9.17, 15) is 14.4 Å². The fraction of sp³-hybridized carbons (Fsp3) is 0.467. The number of amides is 3. The highest BCUT2D eigenvalue weighted by atomic mass is 32.2. The van der Waals surface area contributed by atoms with Crippen LogP contribution in [0.5, 0.6) is 0 Å². The predicted octanol–water partition coefficient (Wildman–Crippen LogP) is 0.577. The summed E-state index contributed by atoms with van der Waals surface area (Å²) < 4.78 is 0. The Balaban J connectivity index is 1.76. The van der Waals surface area contributed by atoms with E-state index in [0.29, 0.717) is 11.7 Å². The second-order valence-electron chi connectivity index (χ2n) is 5.47. The van der Waals surface area contributed by atoms with Crippen LogP contribution in [0.15, 0.2) is 18.0 Å². The summed E-state index contributed by atoms with van der Waals surface area (Å²) in [5.74, 6) is -0.325. The summed E-state index contributed by atoms with van der Waals surface area (Å²) in [6.07, 6.45) is 2.02. The molecule has 1 aliphatic rings. The summed E-state index contributed by atoms with van der Waals surface area (Å²) in [7, 11) is 0. The van der Waals surface area contributed by atoms with Gasteiger partial charge in [-0.2, -0.15) is 0 Å². The van der Waals surface area contributed by atoms with Crippen molar-refractivity contribution in [3.63, 3.8) is 0 Å². The summed E-state index contributed by atoms with van der Waals surface area (Å²) >= 11 is 2.62. The lowest BCUT2D eigenvalue weighted by atomic mass is 10.1. The van der Waals surface area contributed by atoms with Gasteiger partial charge in [-0.05, 0) is 6.92 Å². The Morgan fingerprint density at radius 1 is 1.52 bits per heavy atom. The Morgan fingerprint density at radius 3 is 3.00 bits per heavy atom. The van der Waals surface area contributed by atoms with E-state index in [1.54, 1.807) is 6.08 Å². The molecule has 4 N–H and O–H groups in total. The minimum absolute atomic E-state index is 0.145. The first-order chi connectivity index (χ1) is 12.0. The largest absolute Gasteiger partial charge is 0.353 e. The van der Waals surface area contributed by atoms with E-state index in [1.165, 1.54) is 23.1 Å². The lowest BCUT2D eigenvalue weighted by molar-refractivity contribution is -0.125. The standard InChI is InChI=1S/C15H21N5O3S2/c1-3-4-16-11(21)5-10-6-12(22)19-15(18-10)25-8-13(23)20-14-17-9(2)7-24-14/h3,7,10,15,18H,1,4-6,8H2,2H3,(H,16,21)(H,19,22)(H,17,20,23). The molecular weight excluding hydrogens is 362 g/mol. The van der Waals surface area contributed by atoms with Crippen LogP contribution in [0.2, 0.25) is 0 Å². The van der Waals surface area contributed by atoms with E-state index in [1.807, 2.05) is 12.3 Å². The number of thioether (sulfide) groups is 1. The maximum atomic E-state index is 11.9. The van der Waals surface area contributed by atoms with Gasteiger partial charge in [-0.3, -0.25) is 19.7 Å². The van der Waals surface area contributed by atoms with Gasteiger partial charge in [-0.25, -0.2) is 4.98 Å². The van der Waals surface area contributed by atoms with Gasteiger partial charge in [0.25, 0.3) is 0 Å². The fourth-order valence-corrected chi connectivity index (χ4v) is 3.77. The Morgan fingerprint density at radius 2 is 2.32 bits per heavy atom. The lowest BCUT2D eigenvalue weighted by Gasteiger charge is -2.30. The van der Waals surface area contributed by atoms with Gasteiger partial charge in [0.05, 0.1) is 11.4 Å². The molecule has 10 heteroatoms. The number of aromatic nitrogens is 1. The third-order valence-corrected chi connectivity index (χ3v) is 5.12. The van der Waals surface area contributed by atoms with E-state index in [-0.39, 0.29) is 42.4 Å². The molecule has 0 aromatic carbocycles. The molecule has 0 radical (unpaired) electrons. The Labute approximate surface area is 154 Å². The smallest absolute Gasteiger partial charge is 0.236 e. The molecular formula is C15H21N5O3S2. The number of anilines is 1. The first kappa shape index (κ1) is 19.4. The number of carbonyl (C=O) groups is 3. The number of carbonyl (C=O) groups excluding carboxylic acids is 3. The van der Waals surface area contributed by atoms with Gasteiger partial charge < -0.3 is 16.0 Å². The topological polar surface area (TPSA) is 112 Å². The van der Waals surface area contributed by atoms with E-state index in [0.717, 1.165) is 5.69 Å². The number of thiazole rings is 1. The average Bonchev–Trinajstić information content (AvgIpc) is 2.95. The Kier molecular flexibility index (Phi) is 7.41. The average molecular weight is 383 g/mol. The van der Waals surface area contributed by atoms with E-state index >= 15 is 0 Å². The van der Waals surface area contributed by atoms with Crippen LogP contribution in [0.4, 0.5) is 5.13 Å². The number of hydrogen-bond donors (Lipinski definition) is 4. The number of hydrogen-bond acceptors (Lipinski definition) is 7. The van der Waals surface area contributed by atoms with Gasteiger partial charge in [0.2, 0.25) is 17.7 Å². The van der Waals surface area contributed by atoms with E-state index < -0.39 is 5.50 Å². The van der Waals surface area contributed by atoms with Crippen LogP contribution in [0.1, 0.15) is 18.5 Å². The van der Waals surface area contributed by atoms with Crippen molar-refractivity contribution in [2.45, 2.75) is 31.3 Å². The molecule has 3 amide bonds. The first-order valence-electron chi connectivity index (χ1n) is 7.73. The molecule has 0 aliphatic carbocycles. The van der Waals surface area contributed by atoms with Crippen LogP contribution >= 0.6 is 23.1 Å². The number of rotatable bonds is 8. The first-order valence-corrected chi connectivity index (χ1v) is 9.65. The van der Waals surface area contributed by atoms with Crippen LogP contribution in [0, 0.1) is 6.92 Å². The highest BCUT2D eigenvalue weighted by Crippen LogP contribution is 2.17. The minimum atomic E-state index is -0.415. The maximum Gasteiger partial charge on any atom is 0.236 e. The molecule has 2 heterocycles. The molecule has 0 bridgehead atoms. The van der Waals surface area contributed by atoms with Crippen LogP contribution in [0.25, 0.3) is 0 Å². The highest BCUT2D eigenvalue weighted by molar-refractivity contribution is 8.00. The molecule has 1 saturated heterocycles. The number of aryl methyl sites for hydroxylation is 1. The number of nitrogens with zero attached hydrogens (tertiary/aromatic N) is 1. The zero-order chi connectivity index (χ0) is 18.2. The van der Waals surface area contributed by atoms with Gasteiger partial charge in [0, 0.05) is 30.8 Å². The predicted molar refractivity (Wildman–Crippen MR) is 99.2 cm³/mol. The SMILES string of the molecule is C=CCNC(=O)CC1CC(=O)NC(SCC(=O)Nc2nc(C)cs2)N1. The van der Waals surface area contributed by atoms with Crippen molar-refractivity contribution in [2.24, 2.45) is 0 Å². The van der Waals surface area contributed by atoms with Crippen LogP contribution in [-0.2, 0) is 14.4 Å². The molecule has 25 heavy (non-hydrogen) atoms.